The molecule has 34 heavy (non-hydrogen) atoms. The van der Waals surface area contributed by atoms with Gasteiger partial charge in [-0.25, -0.2) is 14.0 Å². The molecule has 2 heterocycles. The minimum atomic E-state index is -1.25. The fourth-order valence-electron chi connectivity index (χ4n) is 6.11. The lowest BCUT2D eigenvalue weighted by atomic mass is 9.57. The standard InChI is InChI=1S/C22H19FN4O7/c23-12-5-7(1-4-13(12)28)14-8-2-3-9-15(19(31)26(17(9)29)21(24)33)10(8)6-11-16(14)20(32)27(18(11)30)22(25)34/h1-2,4-5,9-11,14-16,28H,3,6H2,(H2,24,33)(H2,25,34)/t9-,10+,11+,14-,15-,16+/m0/s1. The zero-order chi connectivity index (χ0) is 24.6. The van der Waals surface area contributed by atoms with E-state index in [0.29, 0.717) is 15.4 Å². The zero-order valence-corrected chi connectivity index (χ0v) is 17.5. The van der Waals surface area contributed by atoms with Crippen molar-refractivity contribution in [2.75, 3.05) is 0 Å². The van der Waals surface area contributed by atoms with E-state index in [4.69, 9.17) is 11.5 Å². The fraction of sp³-hybridized carbons (Fsp3) is 0.364. The SMILES string of the molecule is NC(=O)N1C(=O)[C@H]2[C@H](CC=C3[C@H]2C[C@H]2C(=O)N(C(N)=O)C(=O)[C@H]2[C@H]3c2ccc(O)c(F)c2)C1=O. The Kier molecular flexibility index (Phi) is 4.61. The average molecular weight is 470 g/mol. The van der Waals surface area contributed by atoms with Crippen LogP contribution in [0, 0.1) is 35.4 Å². The largest absolute Gasteiger partial charge is 0.505 e. The number of hydrogen-bond acceptors (Lipinski definition) is 7. The van der Waals surface area contributed by atoms with Gasteiger partial charge in [-0.3, -0.25) is 19.2 Å². The summed E-state index contributed by atoms with van der Waals surface area (Å²) in [5, 5.41) is 9.63. The first-order valence-electron chi connectivity index (χ1n) is 10.6. The number of rotatable bonds is 1. The van der Waals surface area contributed by atoms with Crippen LogP contribution in [0.2, 0.25) is 0 Å². The highest BCUT2D eigenvalue weighted by Gasteiger charge is 2.63. The molecule has 1 saturated carbocycles. The van der Waals surface area contributed by atoms with Crippen molar-refractivity contribution in [3.8, 4) is 5.75 Å². The lowest BCUT2D eigenvalue weighted by Crippen LogP contribution is -2.44. The summed E-state index contributed by atoms with van der Waals surface area (Å²) < 4.78 is 14.3. The maximum Gasteiger partial charge on any atom is 0.328 e. The predicted octanol–water partition coefficient (Wildman–Crippen LogP) is 0.325. The minimum absolute atomic E-state index is 0.0469. The molecule has 12 heteroatoms. The second-order valence-corrected chi connectivity index (χ2v) is 8.94. The van der Waals surface area contributed by atoms with E-state index in [0.717, 1.165) is 12.1 Å². The van der Waals surface area contributed by atoms with E-state index >= 15 is 0 Å². The van der Waals surface area contributed by atoms with E-state index < -0.39 is 82.8 Å². The van der Waals surface area contributed by atoms with Crippen molar-refractivity contribution in [2.45, 2.75) is 18.8 Å². The van der Waals surface area contributed by atoms with Gasteiger partial charge >= 0.3 is 12.1 Å². The Morgan fingerprint density at radius 2 is 1.47 bits per heavy atom. The molecule has 5 N–H and O–H groups in total. The number of benzene rings is 1. The van der Waals surface area contributed by atoms with Crippen molar-refractivity contribution < 1.29 is 38.3 Å². The van der Waals surface area contributed by atoms with Gasteiger partial charge in [-0.15, -0.1) is 0 Å². The molecular formula is C22H19FN4O7. The lowest BCUT2D eigenvalue weighted by Gasteiger charge is -2.43. The normalized spacial score (nSPS) is 32.3. The monoisotopic (exact) mass is 470 g/mol. The van der Waals surface area contributed by atoms with Crippen LogP contribution in [0.25, 0.3) is 0 Å². The highest BCUT2D eigenvalue weighted by molar-refractivity contribution is 6.18. The number of likely N-dealkylation sites (tertiary alicyclic amines) is 2. The summed E-state index contributed by atoms with van der Waals surface area (Å²) in [7, 11) is 0. The number of phenolic OH excluding ortho intramolecular Hbond substituents is 1. The number of imide groups is 6. The smallest absolute Gasteiger partial charge is 0.328 e. The van der Waals surface area contributed by atoms with Crippen molar-refractivity contribution >= 4 is 35.7 Å². The summed E-state index contributed by atoms with van der Waals surface area (Å²) >= 11 is 0. The third-order valence-corrected chi connectivity index (χ3v) is 7.42. The van der Waals surface area contributed by atoms with Crippen LogP contribution in [-0.2, 0) is 19.2 Å². The Labute approximate surface area is 191 Å². The Hall–Kier alpha value is -4.09. The van der Waals surface area contributed by atoms with Gasteiger partial charge in [0, 0.05) is 5.92 Å². The molecule has 11 nitrogen and oxygen atoms in total. The van der Waals surface area contributed by atoms with Crippen LogP contribution in [0.1, 0.15) is 24.3 Å². The van der Waals surface area contributed by atoms with E-state index in [1.54, 1.807) is 6.08 Å². The molecule has 3 fully saturated rings. The molecule has 4 aliphatic rings. The Balaban J connectivity index is 1.66. The molecule has 2 aliphatic carbocycles. The molecule has 0 bridgehead atoms. The van der Waals surface area contributed by atoms with Crippen LogP contribution in [-0.4, -0.2) is 50.6 Å². The Morgan fingerprint density at radius 1 is 0.882 bits per heavy atom. The number of carbonyl (C=O) groups excluding carboxylic acids is 6. The first-order chi connectivity index (χ1) is 16.0. The molecule has 0 radical (unpaired) electrons. The fourth-order valence-corrected chi connectivity index (χ4v) is 6.11. The van der Waals surface area contributed by atoms with Gasteiger partial charge in [0.25, 0.3) is 0 Å². The van der Waals surface area contributed by atoms with Crippen molar-refractivity contribution in [3.63, 3.8) is 0 Å². The van der Waals surface area contributed by atoms with Crippen molar-refractivity contribution in [1.29, 1.82) is 0 Å². The van der Waals surface area contributed by atoms with E-state index in [1.165, 1.54) is 6.07 Å². The van der Waals surface area contributed by atoms with Gasteiger partial charge in [-0.05, 0) is 36.5 Å². The number of amides is 8. The van der Waals surface area contributed by atoms with E-state index in [9.17, 15) is 38.3 Å². The summed E-state index contributed by atoms with van der Waals surface area (Å²) in [5.74, 6) is -10.5. The summed E-state index contributed by atoms with van der Waals surface area (Å²) in [6.45, 7) is 0. The predicted molar refractivity (Wildman–Crippen MR) is 108 cm³/mol. The van der Waals surface area contributed by atoms with Crippen LogP contribution < -0.4 is 11.5 Å². The number of nitrogens with two attached hydrogens (primary N) is 2. The number of fused-ring (bicyclic) bond motifs is 4. The maximum absolute atomic E-state index is 14.3. The summed E-state index contributed by atoms with van der Waals surface area (Å²) in [4.78, 5) is 76.2. The minimum Gasteiger partial charge on any atom is -0.505 e. The first kappa shape index (κ1) is 21.7. The van der Waals surface area contributed by atoms with Crippen LogP contribution in [0.3, 0.4) is 0 Å². The molecule has 1 aromatic carbocycles. The van der Waals surface area contributed by atoms with Gasteiger partial charge in [-0.2, -0.15) is 9.80 Å². The first-order valence-corrected chi connectivity index (χ1v) is 10.6. The summed E-state index contributed by atoms with van der Waals surface area (Å²) in [6, 6.07) is 1.05. The van der Waals surface area contributed by atoms with Gasteiger partial charge < -0.3 is 16.6 Å². The van der Waals surface area contributed by atoms with Crippen molar-refractivity contribution in [3.05, 3.63) is 41.2 Å². The average Bonchev–Trinajstić information content (AvgIpc) is 3.18. The van der Waals surface area contributed by atoms with Gasteiger partial charge in [0.2, 0.25) is 23.6 Å². The van der Waals surface area contributed by atoms with E-state index in [2.05, 4.69) is 0 Å². The summed E-state index contributed by atoms with van der Waals surface area (Å²) in [6.07, 6.45) is 1.69. The third-order valence-electron chi connectivity index (χ3n) is 7.42. The molecule has 0 spiro atoms. The van der Waals surface area contributed by atoms with Crippen LogP contribution in [0.4, 0.5) is 14.0 Å². The van der Waals surface area contributed by atoms with Crippen LogP contribution in [0.15, 0.2) is 29.8 Å². The second-order valence-electron chi connectivity index (χ2n) is 8.94. The van der Waals surface area contributed by atoms with Gasteiger partial charge in [0.05, 0.1) is 23.7 Å². The molecule has 176 valence electrons. The highest BCUT2D eigenvalue weighted by atomic mass is 19.1. The van der Waals surface area contributed by atoms with Crippen LogP contribution >= 0.6 is 0 Å². The zero-order valence-electron chi connectivity index (χ0n) is 17.5. The van der Waals surface area contributed by atoms with E-state index in [1.807, 2.05) is 0 Å². The number of carbonyl (C=O) groups is 6. The van der Waals surface area contributed by atoms with Crippen molar-refractivity contribution in [2.24, 2.45) is 41.1 Å². The topological polar surface area (TPSA) is 181 Å². The number of aromatic hydroxyl groups is 1. The highest BCUT2D eigenvalue weighted by Crippen LogP contribution is 2.57. The Morgan fingerprint density at radius 3 is 2.06 bits per heavy atom. The number of halogens is 1. The third kappa shape index (κ3) is 2.74. The number of phenols is 1. The molecule has 6 atom stereocenters. The lowest BCUT2D eigenvalue weighted by molar-refractivity contribution is -0.138. The number of allylic oxidation sites excluding steroid dienone is 2. The Bertz CT molecular complexity index is 1240. The molecule has 0 aromatic heterocycles. The number of primary amides is 2. The van der Waals surface area contributed by atoms with Gasteiger partial charge in [0.1, 0.15) is 0 Å². The van der Waals surface area contributed by atoms with Gasteiger partial charge in [-0.1, -0.05) is 17.7 Å². The number of nitrogens with zero attached hydrogens (tertiary/aromatic N) is 2. The summed E-state index contributed by atoms with van der Waals surface area (Å²) in [5.41, 5.74) is 11.3. The molecule has 8 amide bonds. The maximum atomic E-state index is 14.3. The molecule has 5 rings (SSSR count). The van der Waals surface area contributed by atoms with E-state index in [-0.39, 0.29) is 18.4 Å². The quantitative estimate of drug-likeness (QED) is 0.390. The van der Waals surface area contributed by atoms with Gasteiger partial charge in [0.15, 0.2) is 11.6 Å². The second kappa shape index (κ2) is 7.20. The van der Waals surface area contributed by atoms with Crippen molar-refractivity contribution in [1.82, 2.24) is 9.80 Å². The molecule has 2 aliphatic heterocycles. The molecule has 1 aromatic rings. The number of hydrogen-bond donors (Lipinski definition) is 3. The van der Waals surface area contributed by atoms with Crippen LogP contribution in [0.5, 0.6) is 5.75 Å². The molecular weight excluding hydrogens is 451 g/mol. The molecule has 0 unspecified atom stereocenters. The molecule has 2 saturated heterocycles. The number of urea groups is 2.